The number of rotatable bonds is 7. The summed E-state index contributed by atoms with van der Waals surface area (Å²) in [7, 11) is 1.44. The lowest BCUT2D eigenvalue weighted by Gasteiger charge is -2.06. The highest BCUT2D eigenvalue weighted by Gasteiger charge is 2.09. The van der Waals surface area contributed by atoms with E-state index in [2.05, 4.69) is 26.8 Å². The first-order chi connectivity index (χ1) is 7.69. The van der Waals surface area contributed by atoms with E-state index < -0.39 is 0 Å². The molecule has 0 aromatic heterocycles. The van der Waals surface area contributed by atoms with E-state index in [4.69, 9.17) is 4.74 Å². The van der Waals surface area contributed by atoms with Crippen LogP contribution in [0.15, 0.2) is 23.3 Å². The highest BCUT2D eigenvalue weighted by Crippen LogP contribution is 2.14. The highest BCUT2D eigenvalue weighted by molar-refractivity contribution is 5.88. The Morgan fingerprint density at radius 1 is 1.25 bits per heavy atom. The molecule has 16 heavy (non-hydrogen) atoms. The molecular formula is C14H24O2. The molecule has 0 aliphatic carbocycles. The van der Waals surface area contributed by atoms with Crippen LogP contribution in [-0.4, -0.2) is 13.1 Å². The normalized spacial score (nSPS) is 12.8. The van der Waals surface area contributed by atoms with Crippen molar-refractivity contribution in [2.24, 2.45) is 0 Å². The summed E-state index contributed by atoms with van der Waals surface area (Å²) in [6, 6.07) is 0. The van der Waals surface area contributed by atoms with Gasteiger partial charge in [0.1, 0.15) is 0 Å². The Morgan fingerprint density at radius 3 is 2.38 bits per heavy atom. The molecule has 0 radical (unpaired) electrons. The first-order valence-corrected chi connectivity index (χ1v) is 6.17. The van der Waals surface area contributed by atoms with Crippen molar-refractivity contribution in [1.29, 1.82) is 0 Å². The fraction of sp³-hybridized carbons (Fsp3) is 0.643. The molecule has 0 aromatic rings. The van der Waals surface area contributed by atoms with Crippen molar-refractivity contribution in [3.8, 4) is 0 Å². The van der Waals surface area contributed by atoms with Crippen LogP contribution in [0.4, 0.5) is 0 Å². The number of unbranched alkanes of at least 4 members (excludes halogenated alkanes) is 1. The fourth-order valence-electron chi connectivity index (χ4n) is 1.52. The monoisotopic (exact) mass is 224 g/mol. The Labute approximate surface area is 99.4 Å². The van der Waals surface area contributed by atoms with Crippen molar-refractivity contribution >= 4 is 5.97 Å². The van der Waals surface area contributed by atoms with Crippen LogP contribution in [0.1, 0.15) is 52.9 Å². The summed E-state index contributed by atoms with van der Waals surface area (Å²) in [5, 5.41) is 0. The molecule has 0 rings (SSSR count). The van der Waals surface area contributed by atoms with Gasteiger partial charge >= 0.3 is 5.97 Å². The second kappa shape index (κ2) is 9.20. The number of hydrogen-bond acceptors (Lipinski definition) is 2. The number of allylic oxidation sites excluding steroid dienone is 3. The number of ether oxygens (including phenoxy) is 1. The van der Waals surface area contributed by atoms with Gasteiger partial charge in [0.25, 0.3) is 0 Å². The van der Waals surface area contributed by atoms with Gasteiger partial charge in [0.15, 0.2) is 0 Å². The molecule has 0 aliphatic rings. The van der Waals surface area contributed by atoms with E-state index in [1.165, 1.54) is 12.7 Å². The average Bonchev–Trinajstić information content (AvgIpc) is 2.32. The molecule has 2 heteroatoms. The van der Waals surface area contributed by atoms with Crippen molar-refractivity contribution in [2.45, 2.75) is 52.9 Å². The van der Waals surface area contributed by atoms with Gasteiger partial charge in [-0.2, -0.15) is 0 Å². The zero-order valence-corrected chi connectivity index (χ0v) is 11.0. The molecule has 0 aromatic carbocycles. The SMILES string of the molecule is CC/C=C(/C=C(\CCCC)C(=O)OC)CC. The lowest BCUT2D eigenvalue weighted by Crippen LogP contribution is -2.05. The quantitative estimate of drug-likeness (QED) is 0.371. The smallest absolute Gasteiger partial charge is 0.333 e. The lowest BCUT2D eigenvalue weighted by molar-refractivity contribution is -0.136. The molecule has 0 N–H and O–H groups in total. The summed E-state index contributed by atoms with van der Waals surface area (Å²) in [6.07, 6.45) is 9.05. The summed E-state index contributed by atoms with van der Waals surface area (Å²) in [5.74, 6) is -0.191. The molecule has 0 amide bonds. The van der Waals surface area contributed by atoms with Crippen LogP contribution in [0.3, 0.4) is 0 Å². The summed E-state index contributed by atoms with van der Waals surface area (Å²) in [4.78, 5) is 11.6. The van der Waals surface area contributed by atoms with Crippen LogP contribution in [0.5, 0.6) is 0 Å². The summed E-state index contributed by atoms with van der Waals surface area (Å²) in [6.45, 7) is 6.33. The third-order valence-corrected chi connectivity index (χ3v) is 2.48. The predicted molar refractivity (Wildman–Crippen MR) is 68.3 cm³/mol. The number of carbonyl (C=O) groups is 1. The predicted octanol–water partition coefficient (Wildman–Crippen LogP) is 4.02. The average molecular weight is 224 g/mol. The van der Waals surface area contributed by atoms with Gasteiger partial charge < -0.3 is 4.74 Å². The minimum absolute atomic E-state index is 0.191. The maximum atomic E-state index is 11.6. The van der Waals surface area contributed by atoms with E-state index in [0.717, 1.165) is 37.7 Å². The van der Waals surface area contributed by atoms with Crippen LogP contribution in [0.2, 0.25) is 0 Å². The first kappa shape index (κ1) is 14.9. The number of carbonyl (C=O) groups excluding carboxylic acids is 1. The molecule has 0 saturated heterocycles. The van der Waals surface area contributed by atoms with Crippen molar-refractivity contribution < 1.29 is 9.53 Å². The summed E-state index contributed by atoms with van der Waals surface area (Å²) in [5.41, 5.74) is 2.02. The van der Waals surface area contributed by atoms with Crippen LogP contribution in [-0.2, 0) is 9.53 Å². The largest absolute Gasteiger partial charge is 0.466 e. The van der Waals surface area contributed by atoms with E-state index in [0.29, 0.717) is 0 Å². The molecule has 0 fully saturated rings. The van der Waals surface area contributed by atoms with E-state index in [9.17, 15) is 4.79 Å². The van der Waals surface area contributed by atoms with Crippen molar-refractivity contribution in [2.75, 3.05) is 7.11 Å². The molecular weight excluding hydrogens is 200 g/mol. The summed E-state index contributed by atoms with van der Waals surface area (Å²) < 4.78 is 4.80. The van der Waals surface area contributed by atoms with Gasteiger partial charge in [-0.1, -0.05) is 38.8 Å². The highest BCUT2D eigenvalue weighted by atomic mass is 16.5. The van der Waals surface area contributed by atoms with Gasteiger partial charge in [-0.25, -0.2) is 4.79 Å². The molecule has 0 unspecified atom stereocenters. The van der Waals surface area contributed by atoms with Gasteiger partial charge in [-0.15, -0.1) is 0 Å². The molecule has 0 bridgehead atoms. The zero-order chi connectivity index (χ0) is 12.4. The Morgan fingerprint density at radius 2 is 1.94 bits per heavy atom. The van der Waals surface area contributed by atoms with Crippen LogP contribution < -0.4 is 0 Å². The van der Waals surface area contributed by atoms with Crippen molar-refractivity contribution in [3.05, 3.63) is 23.3 Å². The van der Waals surface area contributed by atoms with E-state index in [-0.39, 0.29) is 5.97 Å². The topological polar surface area (TPSA) is 26.3 Å². The Kier molecular flexibility index (Phi) is 8.59. The molecule has 0 atom stereocenters. The summed E-state index contributed by atoms with van der Waals surface area (Å²) >= 11 is 0. The Bertz CT molecular complexity index is 262. The molecule has 92 valence electrons. The zero-order valence-electron chi connectivity index (χ0n) is 11.0. The third kappa shape index (κ3) is 5.74. The Hall–Kier alpha value is -1.05. The second-order valence-electron chi connectivity index (χ2n) is 3.81. The van der Waals surface area contributed by atoms with Gasteiger partial charge in [0.05, 0.1) is 7.11 Å². The number of hydrogen-bond donors (Lipinski definition) is 0. The van der Waals surface area contributed by atoms with E-state index in [1.807, 2.05) is 6.08 Å². The molecule has 0 spiro atoms. The third-order valence-electron chi connectivity index (χ3n) is 2.48. The molecule has 0 heterocycles. The van der Waals surface area contributed by atoms with E-state index >= 15 is 0 Å². The van der Waals surface area contributed by atoms with Crippen LogP contribution in [0, 0.1) is 0 Å². The standard InChI is InChI=1S/C14H24O2/c1-5-8-10-13(14(15)16-4)11-12(7-3)9-6-2/h9,11H,5-8,10H2,1-4H3/b12-9+,13-11+. The van der Waals surface area contributed by atoms with Crippen molar-refractivity contribution in [3.63, 3.8) is 0 Å². The first-order valence-electron chi connectivity index (χ1n) is 6.17. The van der Waals surface area contributed by atoms with Gasteiger partial charge in [0.2, 0.25) is 0 Å². The van der Waals surface area contributed by atoms with Crippen LogP contribution >= 0.6 is 0 Å². The molecule has 0 saturated carbocycles. The fourth-order valence-corrected chi connectivity index (χ4v) is 1.52. The molecule has 0 aliphatic heterocycles. The lowest BCUT2D eigenvalue weighted by atomic mass is 10.0. The van der Waals surface area contributed by atoms with Crippen LogP contribution in [0.25, 0.3) is 0 Å². The van der Waals surface area contributed by atoms with Gasteiger partial charge in [-0.05, 0) is 31.8 Å². The molecule has 2 nitrogen and oxygen atoms in total. The Balaban J connectivity index is 4.77. The van der Waals surface area contributed by atoms with Gasteiger partial charge in [-0.3, -0.25) is 0 Å². The number of methoxy groups -OCH3 is 1. The maximum absolute atomic E-state index is 11.6. The van der Waals surface area contributed by atoms with Gasteiger partial charge in [0, 0.05) is 5.57 Å². The minimum atomic E-state index is -0.191. The minimum Gasteiger partial charge on any atom is -0.466 e. The van der Waals surface area contributed by atoms with Crippen molar-refractivity contribution in [1.82, 2.24) is 0 Å². The van der Waals surface area contributed by atoms with E-state index in [1.54, 1.807) is 0 Å². The number of esters is 1. The second-order valence-corrected chi connectivity index (χ2v) is 3.81. The maximum Gasteiger partial charge on any atom is 0.333 e.